The Balaban J connectivity index is 2.65. The molecule has 84 valence electrons. The van der Waals surface area contributed by atoms with Crippen molar-refractivity contribution in [3.63, 3.8) is 0 Å². The first-order valence-corrected chi connectivity index (χ1v) is 4.86. The number of anilines is 1. The third kappa shape index (κ3) is 3.79. The summed E-state index contributed by atoms with van der Waals surface area (Å²) in [5.41, 5.74) is 0. The molecule has 0 bridgehead atoms. The van der Waals surface area contributed by atoms with Crippen LogP contribution >= 0.6 is 0 Å². The molecule has 0 spiro atoms. The van der Waals surface area contributed by atoms with Gasteiger partial charge in [0.2, 0.25) is 5.95 Å². The highest BCUT2D eigenvalue weighted by molar-refractivity contribution is 5.33. The van der Waals surface area contributed by atoms with Gasteiger partial charge in [-0.3, -0.25) is 0 Å². The highest BCUT2D eigenvalue weighted by Crippen LogP contribution is 2.10. The number of hydrogen-bond acceptors (Lipinski definition) is 4. The number of nitrogens with zero attached hydrogens (tertiary/aromatic N) is 2. The Labute approximate surface area is 88.9 Å². The second-order valence-corrected chi connectivity index (χ2v) is 3.68. The van der Waals surface area contributed by atoms with E-state index in [1.54, 1.807) is 7.11 Å². The minimum Gasteiger partial charge on any atom is -0.383 e. The quantitative estimate of drug-likeness (QED) is 0.756. The summed E-state index contributed by atoms with van der Waals surface area (Å²) in [6.45, 7) is 4.69. The van der Waals surface area contributed by atoms with Gasteiger partial charge in [0.25, 0.3) is 0 Å². The summed E-state index contributed by atoms with van der Waals surface area (Å²) in [6.07, 6.45) is 1.20. The van der Waals surface area contributed by atoms with Crippen LogP contribution in [0.4, 0.5) is 10.2 Å². The lowest BCUT2D eigenvalue weighted by Crippen LogP contribution is -2.30. The van der Waals surface area contributed by atoms with Crippen molar-refractivity contribution >= 4 is 5.82 Å². The van der Waals surface area contributed by atoms with Gasteiger partial charge in [0.1, 0.15) is 12.1 Å². The number of hydrogen-bond donors (Lipinski definition) is 1. The molecule has 1 rings (SSSR count). The van der Waals surface area contributed by atoms with E-state index in [2.05, 4.69) is 29.1 Å². The van der Waals surface area contributed by atoms with Crippen LogP contribution in [-0.4, -0.2) is 29.7 Å². The van der Waals surface area contributed by atoms with Gasteiger partial charge in [-0.05, 0) is 5.92 Å². The largest absolute Gasteiger partial charge is 0.383 e. The number of aromatic nitrogens is 2. The molecule has 1 atom stereocenters. The summed E-state index contributed by atoms with van der Waals surface area (Å²) >= 11 is 0. The van der Waals surface area contributed by atoms with E-state index in [9.17, 15) is 4.39 Å². The molecule has 0 aliphatic heterocycles. The maximum absolute atomic E-state index is 12.8. The molecule has 0 aliphatic carbocycles. The molecule has 4 nitrogen and oxygen atoms in total. The first kappa shape index (κ1) is 11.8. The second kappa shape index (κ2) is 5.60. The Hall–Kier alpha value is -1.23. The Bertz CT molecular complexity index is 306. The number of ether oxygens (including phenoxy) is 1. The van der Waals surface area contributed by atoms with Crippen molar-refractivity contribution in [3.8, 4) is 0 Å². The molecule has 5 heteroatoms. The molecule has 0 aliphatic rings. The molecule has 1 aromatic rings. The lowest BCUT2D eigenvalue weighted by atomic mass is 10.1. The van der Waals surface area contributed by atoms with Crippen molar-refractivity contribution < 1.29 is 9.13 Å². The molecule has 1 heterocycles. The summed E-state index contributed by atoms with van der Waals surface area (Å²) in [6, 6.07) is 1.38. The third-order valence-corrected chi connectivity index (χ3v) is 2.12. The fourth-order valence-electron chi connectivity index (χ4n) is 1.18. The van der Waals surface area contributed by atoms with Crippen molar-refractivity contribution in [1.29, 1.82) is 0 Å². The normalized spacial score (nSPS) is 12.9. The molecule has 15 heavy (non-hydrogen) atoms. The van der Waals surface area contributed by atoms with Crippen LogP contribution in [-0.2, 0) is 4.74 Å². The molecule has 0 amide bonds. The van der Waals surface area contributed by atoms with E-state index in [-0.39, 0.29) is 6.04 Å². The maximum Gasteiger partial charge on any atom is 0.217 e. The van der Waals surface area contributed by atoms with E-state index in [1.807, 2.05) is 0 Å². The van der Waals surface area contributed by atoms with E-state index in [4.69, 9.17) is 4.74 Å². The predicted molar refractivity (Wildman–Crippen MR) is 56.1 cm³/mol. The highest BCUT2D eigenvalue weighted by Gasteiger charge is 2.13. The average molecular weight is 213 g/mol. The monoisotopic (exact) mass is 213 g/mol. The van der Waals surface area contributed by atoms with Crippen LogP contribution in [0, 0.1) is 11.9 Å². The molecular weight excluding hydrogens is 197 g/mol. The van der Waals surface area contributed by atoms with E-state index in [0.717, 1.165) is 0 Å². The van der Waals surface area contributed by atoms with Crippen LogP contribution in [0.15, 0.2) is 12.4 Å². The fourth-order valence-corrected chi connectivity index (χ4v) is 1.18. The van der Waals surface area contributed by atoms with Gasteiger partial charge in [0.05, 0.1) is 12.6 Å². The van der Waals surface area contributed by atoms with Gasteiger partial charge in [0.15, 0.2) is 0 Å². The zero-order chi connectivity index (χ0) is 11.3. The van der Waals surface area contributed by atoms with Gasteiger partial charge in [-0.1, -0.05) is 13.8 Å². The summed E-state index contributed by atoms with van der Waals surface area (Å²) < 4.78 is 17.9. The molecule has 1 unspecified atom stereocenters. The van der Waals surface area contributed by atoms with Crippen molar-refractivity contribution in [1.82, 2.24) is 9.97 Å². The molecule has 0 aromatic carbocycles. The lowest BCUT2D eigenvalue weighted by Gasteiger charge is -2.21. The fraction of sp³-hybridized carbons (Fsp3) is 0.600. The Morgan fingerprint density at radius 3 is 2.73 bits per heavy atom. The van der Waals surface area contributed by atoms with Crippen molar-refractivity contribution in [2.45, 2.75) is 19.9 Å². The maximum atomic E-state index is 12.8. The smallest absolute Gasteiger partial charge is 0.217 e. The predicted octanol–water partition coefficient (Wildman–Crippen LogP) is 1.70. The summed E-state index contributed by atoms with van der Waals surface area (Å²) in [7, 11) is 1.64. The van der Waals surface area contributed by atoms with E-state index >= 15 is 0 Å². The highest BCUT2D eigenvalue weighted by atomic mass is 19.1. The van der Waals surface area contributed by atoms with Crippen LogP contribution in [0.2, 0.25) is 0 Å². The number of methoxy groups -OCH3 is 1. The summed E-state index contributed by atoms with van der Waals surface area (Å²) in [5.74, 6) is 0.327. The van der Waals surface area contributed by atoms with Crippen LogP contribution < -0.4 is 5.32 Å². The zero-order valence-corrected chi connectivity index (χ0v) is 9.20. The Morgan fingerprint density at radius 2 is 2.20 bits per heavy atom. The van der Waals surface area contributed by atoms with Gasteiger partial charge >= 0.3 is 0 Å². The average Bonchev–Trinajstić information content (AvgIpc) is 2.17. The van der Waals surface area contributed by atoms with E-state index < -0.39 is 5.95 Å². The van der Waals surface area contributed by atoms with Gasteiger partial charge in [0, 0.05) is 13.2 Å². The molecule has 1 aromatic heterocycles. The van der Waals surface area contributed by atoms with Gasteiger partial charge < -0.3 is 10.1 Å². The second-order valence-electron chi connectivity index (χ2n) is 3.68. The van der Waals surface area contributed by atoms with E-state index in [1.165, 1.54) is 12.4 Å². The van der Waals surface area contributed by atoms with Gasteiger partial charge in [-0.2, -0.15) is 4.39 Å². The topological polar surface area (TPSA) is 47.0 Å². The number of halogens is 1. The van der Waals surface area contributed by atoms with Crippen LogP contribution in [0.25, 0.3) is 0 Å². The standard InChI is InChI=1S/C10H16FN3O/c1-7(2)8(5-15-3)14-10-4-9(11)12-6-13-10/h4,6-8H,5H2,1-3H3,(H,12,13,14). The Kier molecular flexibility index (Phi) is 4.42. The molecule has 1 N–H and O–H groups in total. The minimum absolute atomic E-state index is 0.115. The van der Waals surface area contributed by atoms with Crippen LogP contribution in [0.3, 0.4) is 0 Å². The first-order chi connectivity index (χ1) is 7.13. The van der Waals surface area contributed by atoms with Crippen LogP contribution in [0.1, 0.15) is 13.8 Å². The molecule has 0 fully saturated rings. The SMILES string of the molecule is COCC(Nc1cc(F)ncn1)C(C)C. The number of nitrogens with one attached hydrogen (secondary N) is 1. The molecule has 0 radical (unpaired) electrons. The minimum atomic E-state index is -0.535. The van der Waals surface area contributed by atoms with Crippen molar-refractivity contribution in [2.24, 2.45) is 5.92 Å². The summed E-state index contributed by atoms with van der Waals surface area (Å²) in [4.78, 5) is 7.32. The summed E-state index contributed by atoms with van der Waals surface area (Å²) in [5, 5.41) is 3.10. The third-order valence-electron chi connectivity index (χ3n) is 2.12. The van der Waals surface area contributed by atoms with Gasteiger partial charge in [-0.15, -0.1) is 0 Å². The number of rotatable bonds is 5. The van der Waals surface area contributed by atoms with Crippen molar-refractivity contribution in [3.05, 3.63) is 18.3 Å². The first-order valence-electron chi connectivity index (χ1n) is 4.86. The Morgan fingerprint density at radius 1 is 1.47 bits per heavy atom. The molecule has 0 saturated carbocycles. The van der Waals surface area contributed by atoms with Crippen LogP contribution in [0.5, 0.6) is 0 Å². The zero-order valence-electron chi connectivity index (χ0n) is 9.20. The molecular formula is C10H16FN3O. The van der Waals surface area contributed by atoms with Crippen molar-refractivity contribution in [2.75, 3.05) is 19.0 Å². The van der Waals surface area contributed by atoms with E-state index in [0.29, 0.717) is 18.3 Å². The van der Waals surface area contributed by atoms with Gasteiger partial charge in [-0.25, -0.2) is 9.97 Å². The molecule has 0 saturated heterocycles. The lowest BCUT2D eigenvalue weighted by molar-refractivity contribution is 0.171.